The summed E-state index contributed by atoms with van der Waals surface area (Å²) in [5.74, 6) is 0.603. The van der Waals surface area contributed by atoms with E-state index in [-0.39, 0.29) is 11.6 Å². The molecular weight excluding hydrogens is 308 g/mol. The van der Waals surface area contributed by atoms with Crippen LogP contribution in [0.5, 0.6) is 0 Å². The Morgan fingerprint density at radius 1 is 1.00 bits per heavy atom. The van der Waals surface area contributed by atoms with Gasteiger partial charge in [-0.05, 0) is 18.2 Å². The van der Waals surface area contributed by atoms with Crippen LogP contribution < -0.4 is 10.6 Å². The molecule has 24 heavy (non-hydrogen) atoms. The Morgan fingerprint density at radius 3 is 2.50 bits per heavy atom. The number of aromatic amines is 2. The van der Waals surface area contributed by atoms with Crippen molar-refractivity contribution in [3.63, 3.8) is 0 Å². The molecule has 0 saturated carbocycles. The highest BCUT2D eigenvalue weighted by atomic mass is 16.2. The number of imidazole rings is 1. The minimum atomic E-state index is -0.309. The average Bonchev–Trinajstić information content (AvgIpc) is 3.02. The van der Waals surface area contributed by atoms with E-state index in [4.69, 9.17) is 0 Å². The zero-order chi connectivity index (χ0) is 16.5. The maximum atomic E-state index is 12.8. The molecular formula is C16H16N6O2. The molecule has 0 bridgehead atoms. The molecule has 8 nitrogen and oxygen atoms in total. The Balaban J connectivity index is 1.53. The highest BCUT2D eigenvalue weighted by Crippen LogP contribution is 2.17. The van der Waals surface area contributed by atoms with E-state index in [1.165, 1.54) is 0 Å². The van der Waals surface area contributed by atoms with Gasteiger partial charge >= 0.3 is 5.69 Å². The Labute approximate surface area is 137 Å². The summed E-state index contributed by atoms with van der Waals surface area (Å²) in [6.45, 7) is 2.52. The summed E-state index contributed by atoms with van der Waals surface area (Å²) in [6.07, 6.45) is 3.42. The first-order valence-electron chi connectivity index (χ1n) is 7.74. The third-order valence-electron chi connectivity index (χ3n) is 4.18. The number of nitrogens with one attached hydrogen (secondary N) is 2. The summed E-state index contributed by atoms with van der Waals surface area (Å²) in [5.41, 5.74) is 1.40. The van der Waals surface area contributed by atoms with Crippen molar-refractivity contribution < 1.29 is 4.79 Å². The number of hydrogen-bond donors (Lipinski definition) is 2. The molecule has 2 N–H and O–H groups in total. The zero-order valence-electron chi connectivity index (χ0n) is 12.9. The SMILES string of the molecule is O=C(c1cccc2[nH]c(=O)[nH]c12)N1CCN(c2ncccn2)CC1. The van der Waals surface area contributed by atoms with Crippen LogP contribution in [0.1, 0.15) is 10.4 Å². The molecule has 1 aromatic carbocycles. The monoisotopic (exact) mass is 324 g/mol. The van der Waals surface area contributed by atoms with Crippen LogP contribution in [-0.2, 0) is 0 Å². The number of carbonyl (C=O) groups is 1. The predicted molar refractivity (Wildman–Crippen MR) is 89.1 cm³/mol. The number of piperazine rings is 1. The van der Waals surface area contributed by atoms with Crippen LogP contribution in [0.25, 0.3) is 11.0 Å². The quantitative estimate of drug-likeness (QED) is 0.720. The fourth-order valence-electron chi connectivity index (χ4n) is 2.97. The summed E-state index contributed by atoms with van der Waals surface area (Å²) >= 11 is 0. The number of amides is 1. The number of hydrogen-bond acceptors (Lipinski definition) is 5. The fourth-order valence-corrected chi connectivity index (χ4v) is 2.97. The lowest BCUT2D eigenvalue weighted by Crippen LogP contribution is -2.49. The summed E-state index contributed by atoms with van der Waals surface area (Å²) in [4.78, 5) is 42.0. The van der Waals surface area contributed by atoms with Crippen molar-refractivity contribution in [1.82, 2.24) is 24.8 Å². The lowest BCUT2D eigenvalue weighted by Gasteiger charge is -2.34. The minimum Gasteiger partial charge on any atom is -0.337 e. The van der Waals surface area contributed by atoms with E-state index in [1.807, 2.05) is 0 Å². The first-order valence-corrected chi connectivity index (χ1v) is 7.74. The maximum Gasteiger partial charge on any atom is 0.323 e. The van der Waals surface area contributed by atoms with Crippen molar-refractivity contribution in [3.8, 4) is 0 Å². The molecule has 1 fully saturated rings. The van der Waals surface area contributed by atoms with E-state index < -0.39 is 0 Å². The number of aromatic nitrogens is 4. The highest BCUT2D eigenvalue weighted by molar-refractivity contribution is 6.04. The van der Waals surface area contributed by atoms with Gasteiger partial charge in [-0.25, -0.2) is 14.8 Å². The standard InChI is InChI=1S/C16H16N6O2/c23-14(11-3-1-4-12-13(11)20-16(24)19-12)21-7-9-22(10-8-21)15-17-5-2-6-18-15/h1-6H,7-10H2,(H2,19,20,24). The van der Waals surface area contributed by atoms with Gasteiger partial charge in [-0.15, -0.1) is 0 Å². The minimum absolute atomic E-state index is 0.0792. The molecule has 4 rings (SSSR count). The number of nitrogens with zero attached hydrogens (tertiary/aromatic N) is 4. The Bertz CT molecular complexity index is 924. The molecule has 3 aromatic rings. The van der Waals surface area contributed by atoms with Gasteiger partial charge in [0.05, 0.1) is 16.6 Å². The molecule has 1 saturated heterocycles. The van der Waals surface area contributed by atoms with Gasteiger partial charge in [0.15, 0.2) is 0 Å². The van der Waals surface area contributed by atoms with E-state index in [0.717, 1.165) is 0 Å². The van der Waals surface area contributed by atoms with Gasteiger partial charge in [-0.2, -0.15) is 0 Å². The third-order valence-corrected chi connectivity index (χ3v) is 4.18. The van der Waals surface area contributed by atoms with Crippen LogP contribution in [0.15, 0.2) is 41.5 Å². The molecule has 1 aliphatic heterocycles. The van der Waals surface area contributed by atoms with E-state index in [2.05, 4.69) is 24.8 Å². The van der Waals surface area contributed by atoms with Gasteiger partial charge in [0.25, 0.3) is 5.91 Å². The van der Waals surface area contributed by atoms with Crippen molar-refractivity contribution in [2.45, 2.75) is 0 Å². The van der Waals surface area contributed by atoms with Gasteiger partial charge in [-0.3, -0.25) is 4.79 Å². The Morgan fingerprint density at radius 2 is 1.75 bits per heavy atom. The number of carbonyl (C=O) groups excluding carboxylic acids is 1. The topological polar surface area (TPSA) is 98.0 Å². The van der Waals surface area contributed by atoms with Gasteiger partial charge in [0, 0.05) is 38.6 Å². The fraction of sp³-hybridized carbons (Fsp3) is 0.250. The van der Waals surface area contributed by atoms with E-state index in [1.54, 1.807) is 41.6 Å². The number of anilines is 1. The molecule has 0 atom stereocenters. The normalized spacial score (nSPS) is 15.0. The van der Waals surface area contributed by atoms with Gasteiger partial charge in [0.2, 0.25) is 5.95 Å². The predicted octanol–water partition coefficient (Wildman–Crippen LogP) is 0.609. The summed E-state index contributed by atoms with van der Waals surface area (Å²) < 4.78 is 0. The van der Waals surface area contributed by atoms with E-state index in [0.29, 0.717) is 48.7 Å². The van der Waals surface area contributed by atoms with Crippen molar-refractivity contribution in [3.05, 3.63) is 52.7 Å². The molecule has 3 heterocycles. The second-order valence-corrected chi connectivity index (χ2v) is 5.64. The summed E-state index contributed by atoms with van der Waals surface area (Å²) in [7, 11) is 0. The van der Waals surface area contributed by atoms with E-state index >= 15 is 0 Å². The number of H-pyrrole nitrogens is 2. The number of benzene rings is 1. The molecule has 0 spiro atoms. The molecule has 1 amide bonds. The zero-order valence-corrected chi connectivity index (χ0v) is 12.9. The maximum absolute atomic E-state index is 12.8. The molecule has 0 radical (unpaired) electrons. The van der Waals surface area contributed by atoms with Crippen LogP contribution in [0, 0.1) is 0 Å². The number of rotatable bonds is 2. The average molecular weight is 324 g/mol. The first kappa shape index (κ1) is 14.4. The molecule has 0 aliphatic carbocycles. The molecule has 1 aliphatic rings. The smallest absolute Gasteiger partial charge is 0.323 e. The lowest BCUT2D eigenvalue weighted by atomic mass is 10.1. The second kappa shape index (κ2) is 5.80. The van der Waals surface area contributed by atoms with E-state index in [9.17, 15) is 9.59 Å². The molecule has 0 unspecified atom stereocenters. The third kappa shape index (κ3) is 2.51. The van der Waals surface area contributed by atoms with Crippen molar-refractivity contribution in [2.24, 2.45) is 0 Å². The van der Waals surface area contributed by atoms with Crippen LogP contribution in [0.3, 0.4) is 0 Å². The van der Waals surface area contributed by atoms with Crippen LogP contribution in [0.2, 0.25) is 0 Å². The van der Waals surface area contributed by atoms with Gasteiger partial charge < -0.3 is 19.8 Å². The number of fused-ring (bicyclic) bond motifs is 1. The largest absolute Gasteiger partial charge is 0.337 e. The molecule has 2 aromatic heterocycles. The van der Waals surface area contributed by atoms with Gasteiger partial charge in [-0.1, -0.05) is 6.07 Å². The second-order valence-electron chi connectivity index (χ2n) is 5.64. The van der Waals surface area contributed by atoms with Crippen molar-refractivity contribution in [2.75, 3.05) is 31.1 Å². The number of para-hydroxylation sites is 1. The lowest BCUT2D eigenvalue weighted by molar-refractivity contribution is 0.0748. The van der Waals surface area contributed by atoms with Crippen LogP contribution >= 0.6 is 0 Å². The van der Waals surface area contributed by atoms with Crippen LogP contribution in [-0.4, -0.2) is 56.9 Å². The van der Waals surface area contributed by atoms with Gasteiger partial charge in [0.1, 0.15) is 0 Å². The van der Waals surface area contributed by atoms with Crippen molar-refractivity contribution >= 4 is 22.9 Å². The highest BCUT2D eigenvalue weighted by Gasteiger charge is 2.24. The molecule has 122 valence electrons. The summed E-state index contributed by atoms with van der Waals surface area (Å²) in [5, 5.41) is 0. The van der Waals surface area contributed by atoms with Crippen molar-refractivity contribution in [1.29, 1.82) is 0 Å². The first-order chi connectivity index (χ1) is 11.7. The van der Waals surface area contributed by atoms with Crippen LogP contribution in [0.4, 0.5) is 5.95 Å². The molecule has 8 heteroatoms. The Hall–Kier alpha value is -3.16. The Kier molecular flexibility index (Phi) is 3.49. The summed E-state index contributed by atoms with van der Waals surface area (Å²) in [6, 6.07) is 7.06.